The Labute approximate surface area is 90.9 Å². The first-order chi connectivity index (χ1) is 6.84. The minimum Gasteiger partial charge on any atom is -0.339 e. The number of nitrogens with zero attached hydrogens (tertiary/aromatic N) is 1. The van der Waals surface area contributed by atoms with E-state index in [1.54, 1.807) is 0 Å². The lowest BCUT2D eigenvalue weighted by atomic mass is 10.1. The highest BCUT2D eigenvalue weighted by atomic mass is 35.5. The van der Waals surface area contributed by atoms with Gasteiger partial charge >= 0.3 is 0 Å². The Bertz CT molecular complexity index is 203. The van der Waals surface area contributed by atoms with Gasteiger partial charge < -0.3 is 4.90 Å². The third kappa shape index (κ3) is 4.14. The van der Waals surface area contributed by atoms with Crippen LogP contribution in [0.2, 0.25) is 0 Å². The molecule has 80 valence electrons. The normalized spacial score (nSPS) is 19.8. The standard InChI is InChI=1S/C11H18ClNO/c12-8-4-6-10-13-9-5-2-1-3-7-11(13)14/h4,6H,1-3,5,7-10H2. The second-order valence-corrected chi connectivity index (χ2v) is 3.94. The molecule has 0 aliphatic carbocycles. The highest BCUT2D eigenvalue weighted by Gasteiger charge is 2.13. The second kappa shape index (κ2) is 6.88. The van der Waals surface area contributed by atoms with Crippen LogP contribution < -0.4 is 0 Å². The number of allylic oxidation sites excluding steroid dienone is 1. The lowest BCUT2D eigenvalue weighted by molar-refractivity contribution is -0.131. The van der Waals surface area contributed by atoms with E-state index in [1.165, 1.54) is 12.8 Å². The molecule has 1 aliphatic heterocycles. The first kappa shape index (κ1) is 11.6. The molecule has 3 heteroatoms. The van der Waals surface area contributed by atoms with Gasteiger partial charge in [-0.05, 0) is 12.8 Å². The zero-order valence-corrected chi connectivity index (χ0v) is 9.30. The zero-order valence-electron chi connectivity index (χ0n) is 8.54. The van der Waals surface area contributed by atoms with Crippen LogP contribution in [0.5, 0.6) is 0 Å². The van der Waals surface area contributed by atoms with E-state index in [1.807, 2.05) is 17.1 Å². The maximum atomic E-state index is 11.6. The summed E-state index contributed by atoms with van der Waals surface area (Å²) < 4.78 is 0. The number of carbonyl (C=O) groups excluding carboxylic acids is 1. The van der Waals surface area contributed by atoms with Crippen LogP contribution in [0.3, 0.4) is 0 Å². The lowest BCUT2D eigenvalue weighted by Gasteiger charge is -2.23. The van der Waals surface area contributed by atoms with Crippen LogP contribution >= 0.6 is 11.6 Å². The van der Waals surface area contributed by atoms with Crippen LogP contribution in [0, 0.1) is 0 Å². The van der Waals surface area contributed by atoms with Gasteiger partial charge in [-0.1, -0.05) is 25.0 Å². The zero-order chi connectivity index (χ0) is 10.2. The molecule has 1 heterocycles. The van der Waals surface area contributed by atoms with E-state index in [4.69, 9.17) is 11.6 Å². The maximum absolute atomic E-state index is 11.6. The highest BCUT2D eigenvalue weighted by Crippen LogP contribution is 2.11. The molecule has 0 bridgehead atoms. The van der Waals surface area contributed by atoms with E-state index in [0.29, 0.717) is 18.2 Å². The fourth-order valence-corrected chi connectivity index (χ4v) is 1.80. The molecule has 1 rings (SSSR count). The van der Waals surface area contributed by atoms with Crippen molar-refractivity contribution in [3.8, 4) is 0 Å². The molecule has 0 N–H and O–H groups in total. The number of halogens is 1. The van der Waals surface area contributed by atoms with Crippen molar-refractivity contribution >= 4 is 17.5 Å². The van der Waals surface area contributed by atoms with E-state index in [0.717, 1.165) is 25.9 Å². The SMILES string of the molecule is O=C1CCCCCCN1CC=CCCl. The predicted molar refractivity (Wildman–Crippen MR) is 59.5 cm³/mol. The van der Waals surface area contributed by atoms with Crippen LogP contribution in [-0.4, -0.2) is 29.8 Å². The topological polar surface area (TPSA) is 20.3 Å². The molecule has 0 aromatic heterocycles. The summed E-state index contributed by atoms with van der Waals surface area (Å²) in [6, 6.07) is 0. The Kier molecular flexibility index (Phi) is 5.69. The summed E-state index contributed by atoms with van der Waals surface area (Å²) in [7, 11) is 0. The van der Waals surface area contributed by atoms with Gasteiger partial charge in [0, 0.05) is 25.4 Å². The lowest BCUT2D eigenvalue weighted by Crippen LogP contribution is -2.32. The average Bonchev–Trinajstić information content (AvgIpc) is 2.17. The van der Waals surface area contributed by atoms with Gasteiger partial charge in [0.05, 0.1) is 0 Å². The molecule has 1 aliphatic rings. The number of hydrogen-bond acceptors (Lipinski definition) is 1. The van der Waals surface area contributed by atoms with Crippen LogP contribution in [0.4, 0.5) is 0 Å². The first-order valence-electron chi connectivity index (χ1n) is 5.33. The van der Waals surface area contributed by atoms with E-state index >= 15 is 0 Å². The number of rotatable bonds is 3. The summed E-state index contributed by atoms with van der Waals surface area (Å²) in [6.45, 7) is 1.64. The molecule has 0 aromatic rings. The summed E-state index contributed by atoms with van der Waals surface area (Å²) in [6.07, 6.45) is 9.24. The first-order valence-corrected chi connectivity index (χ1v) is 5.87. The summed E-state index contributed by atoms with van der Waals surface area (Å²) in [5, 5.41) is 0. The molecular formula is C11H18ClNO. The Hall–Kier alpha value is -0.500. The smallest absolute Gasteiger partial charge is 0.222 e. The molecule has 1 amide bonds. The molecule has 0 aromatic carbocycles. The Morgan fingerprint density at radius 2 is 2.00 bits per heavy atom. The molecule has 0 spiro atoms. The van der Waals surface area contributed by atoms with Crippen LogP contribution in [0.15, 0.2) is 12.2 Å². The number of amides is 1. The number of likely N-dealkylation sites (tertiary alicyclic amines) is 1. The molecular weight excluding hydrogens is 198 g/mol. The van der Waals surface area contributed by atoms with E-state index in [2.05, 4.69) is 0 Å². The van der Waals surface area contributed by atoms with Gasteiger partial charge in [0.2, 0.25) is 5.91 Å². The molecule has 14 heavy (non-hydrogen) atoms. The van der Waals surface area contributed by atoms with Gasteiger partial charge in [0.15, 0.2) is 0 Å². The van der Waals surface area contributed by atoms with Gasteiger partial charge in [0.1, 0.15) is 0 Å². The van der Waals surface area contributed by atoms with Crippen molar-refractivity contribution < 1.29 is 4.79 Å². The van der Waals surface area contributed by atoms with Crippen LogP contribution in [0.25, 0.3) is 0 Å². The summed E-state index contributed by atoms with van der Waals surface area (Å²) >= 11 is 5.52. The molecule has 0 unspecified atom stereocenters. The van der Waals surface area contributed by atoms with Crippen molar-refractivity contribution in [1.29, 1.82) is 0 Å². The van der Waals surface area contributed by atoms with Crippen LogP contribution in [0.1, 0.15) is 32.1 Å². The van der Waals surface area contributed by atoms with Gasteiger partial charge in [-0.25, -0.2) is 0 Å². The van der Waals surface area contributed by atoms with Crippen LogP contribution in [-0.2, 0) is 4.79 Å². The molecule has 0 radical (unpaired) electrons. The Morgan fingerprint density at radius 1 is 1.21 bits per heavy atom. The molecule has 1 saturated heterocycles. The largest absolute Gasteiger partial charge is 0.339 e. The quantitative estimate of drug-likeness (QED) is 0.524. The number of hydrogen-bond donors (Lipinski definition) is 0. The van der Waals surface area contributed by atoms with Gasteiger partial charge in [-0.2, -0.15) is 0 Å². The summed E-state index contributed by atoms with van der Waals surface area (Å²) in [4.78, 5) is 13.6. The third-order valence-electron chi connectivity index (χ3n) is 2.50. The minimum absolute atomic E-state index is 0.295. The predicted octanol–water partition coefficient (Wildman–Crippen LogP) is 2.57. The second-order valence-electron chi connectivity index (χ2n) is 3.63. The number of carbonyl (C=O) groups is 1. The van der Waals surface area contributed by atoms with Crippen molar-refractivity contribution in [2.75, 3.05) is 19.0 Å². The summed E-state index contributed by atoms with van der Waals surface area (Å²) in [5.41, 5.74) is 0. The average molecular weight is 216 g/mol. The van der Waals surface area contributed by atoms with E-state index in [-0.39, 0.29) is 0 Å². The molecule has 0 saturated carbocycles. The van der Waals surface area contributed by atoms with Crippen molar-refractivity contribution in [3.05, 3.63) is 12.2 Å². The molecule has 2 nitrogen and oxygen atoms in total. The van der Waals surface area contributed by atoms with Gasteiger partial charge in [0.25, 0.3) is 0 Å². The fourth-order valence-electron chi connectivity index (χ4n) is 1.67. The minimum atomic E-state index is 0.295. The van der Waals surface area contributed by atoms with Crippen molar-refractivity contribution in [2.45, 2.75) is 32.1 Å². The van der Waals surface area contributed by atoms with Crippen molar-refractivity contribution in [1.82, 2.24) is 4.90 Å². The highest BCUT2D eigenvalue weighted by molar-refractivity contribution is 6.18. The van der Waals surface area contributed by atoms with E-state index < -0.39 is 0 Å². The molecule has 1 fully saturated rings. The number of alkyl halides is 1. The van der Waals surface area contributed by atoms with Gasteiger partial charge in [-0.3, -0.25) is 4.79 Å². The van der Waals surface area contributed by atoms with Crippen molar-refractivity contribution in [2.24, 2.45) is 0 Å². The van der Waals surface area contributed by atoms with E-state index in [9.17, 15) is 4.79 Å². The maximum Gasteiger partial charge on any atom is 0.222 e. The monoisotopic (exact) mass is 215 g/mol. The fraction of sp³-hybridized carbons (Fsp3) is 0.727. The summed E-state index contributed by atoms with van der Waals surface area (Å²) in [5.74, 6) is 0.825. The van der Waals surface area contributed by atoms with Crippen molar-refractivity contribution in [3.63, 3.8) is 0 Å². The Morgan fingerprint density at radius 3 is 2.79 bits per heavy atom. The van der Waals surface area contributed by atoms with Gasteiger partial charge in [-0.15, -0.1) is 11.6 Å². The Balaban J connectivity index is 2.37. The molecule has 0 atom stereocenters. The third-order valence-corrected chi connectivity index (χ3v) is 2.68.